The summed E-state index contributed by atoms with van der Waals surface area (Å²) in [5, 5.41) is 12.7. The van der Waals surface area contributed by atoms with Crippen molar-refractivity contribution >= 4 is 26.8 Å². The monoisotopic (exact) mass is 481 g/mol. The van der Waals surface area contributed by atoms with Gasteiger partial charge < -0.3 is 14.6 Å². The molecule has 0 radical (unpaired) electrons. The van der Waals surface area contributed by atoms with Crippen molar-refractivity contribution in [3.05, 3.63) is 64.5 Å². The third-order valence-electron chi connectivity index (χ3n) is 6.11. The molecule has 178 valence electrons. The molecule has 34 heavy (non-hydrogen) atoms. The number of fused-ring (bicyclic) bond motifs is 2. The third-order valence-corrected chi connectivity index (χ3v) is 7.47. The van der Waals surface area contributed by atoms with Crippen LogP contribution in [0.25, 0.3) is 11.0 Å². The molecule has 1 aliphatic rings. The van der Waals surface area contributed by atoms with Crippen LogP contribution in [-0.4, -0.2) is 37.0 Å². The van der Waals surface area contributed by atoms with Crippen molar-refractivity contribution in [3.63, 3.8) is 0 Å². The van der Waals surface area contributed by atoms with Gasteiger partial charge in [-0.2, -0.15) is 5.10 Å². The van der Waals surface area contributed by atoms with E-state index in [1.165, 1.54) is 12.7 Å². The predicted molar refractivity (Wildman–Crippen MR) is 129 cm³/mol. The Morgan fingerprint density at radius 1 is 1.24 bits per heavy atom. The molecule has 0 saturated heterocycles. The van der Waals surface area contributed by atoms with E-state index in [1.54, 1.807) is 12.1 Å². The van der Waals surface area contributed by atoms with Crippen LogP contribution in [-0.2, 0) is 36.0 Å². The van der Waals surface area contributed by atoms with Crippen LogP contribution in [0.5, 0.6) is 5.75 Å². The highest BCUT2D eigenvalue weighted by atomic mass is 32.2. The van der Waals surface area contributed by atoms with Crippen LogP contribution in [0.15, 0.2) is 45.9 Å². The summed E-state index contributed by atoms with van der Waals surface area (Å²) < 4.78 is 41.8. The van der Waals surface area contributed by atoms with Gasteiger partial charge in [0.2, 0.25) is 0 Å². The molecule has 0 spiro atoms. The average Bonchev–Trinajstić information content (AvgIpc) is 3.41. The van der Waals surface area contributed by atoms with Crippen molar-refractivity contribution in [2.24, 2.45) is 0 Å². The number of hydrogen-bond donors (Lipinski definition) is 2. The normalized spacial score (nSPS) is 13.7. The van der Waals surface area contributed by atoms with Crippen LogP contribution in [0.1, 0.15) is 34.9 Å². The van der Waals surface area contributed by atoms with E-state index in [4.69, 9.17) is 14.4 Å². The highest BCUT2D eigenvalue weighted by molar-refractivity contribution is 7.92. The van der Waals surface area contributed by atoms with Crippen LogP contribution in [0.2, 0.25) is 0 Å². The van der Waals surface area contributed by atoms with Crippen molar-refractivity contribution in [2.75, 3.05) is 18.4 Å². The van der Waals surface area contributed by atoms with Crippen molar-refractivity contribution in [1.29, 1.82) is 0 Å². The maximum absolute atomic E-state index is 13.2. The largest absolute Gasteiger partial charge is 0.495 e. The average molecular weight is 482 g/mol. The fourth-order valence-corrected chi connectivity index (χ4v) is 5.62. The maximum Gasteiger partial charge on any atom is 0.266 e. The molecule has 5 rings (SSSR count). The summed E-state index contributed by atoms with van der Waals surface area (Å²) in [5.41, 5.74) is 5.63. The summed E-state index contributed by atoms with van der Waals surface area (Å²) in [6.45, 7) is 6.25. The minimum atomic E-state index is -3.94. The smallest absolute Gasteiger partial charge is 0.266 e. The zero-order valence-corrected chi connectivity index (χ0v) is 20.2. The van der Waals surface area contributed by atoms with Gasteiger partial charge in [0.15, 0.2) is 11.4 Å². The molecule has 4 aromatic rings. The number of nitrogens with one attached hydrogen (secondary N) is 2. The number of methoxy groups -OCH3 is 1. The molecular formula is C24H27N5O4S. The van der Waals surface area contributed by atoms with E-state index in [0.717, 1.165) is 41.9 Å². The topological polar surface area (TPSA) is 111 Å². The van der Waals surface area contributed by atoms with Crippen LogP contribution < -0.4 is 14.8 Å². The van der Waals surface area contributed by atoms with Crippen molar-refractivity contribution in [1.82, 2.24) is 20.3 Å². The second kappa shape index (κ2) is 8.77. The quantitative estimate of drug-likeness (QED) is 0.416. The molecule has 0 bridgehead atoms. The van der Waals surface area contributed by atoms with Gasteiger partial charge in [-0.25, -0.2) is 8.42 Å². The molecule has 0 amide bonds. The van der Waals surface area contributed by atoms with Gasteiger partial charge in [0.25, 0.3) is 10.0 Å². The molecule has 0 fully saturated rings. The number of benzene rings is 2. The Bertz CT molecular complexity index is 1450. The van der Waals surface area contributed by atoms with Gasteiger partial charge >= 0.3 is 0 Å². The molecule has 9 nitrogen and oxygen atoms in total. The molecule has 10 heteroatoms. The maximum atomic E-state index is 13.2. The van der Waals surface area contributed by atoms with E-state index in [9.17, 15) is 8.42 Å². The second-order valence-electron chi connectivity index (χ2n) is 8.49. The molecule has 2 aromatic carbocycles. The highest BCUT2D eigenvalue weighted by Gasteiger charge is 2.24. The van der Waals surface area contributed by atoms with E-state index in [1.807, 2.05) is 36.7 Å². The molecule has 2 N–H and O–H groups in total. The van der Waals surface area contributed by atoms with Gasteiger partial charge in [0.05, 0.1) is 24.7 Å². The van der Waals surface area contributed by atoms with Gasteiger partial charge in [-0.3, -0.25) is 9.40 Å². The third kappa shape index (κ3) is 4.14. The van der Waals surface area contributed by atoms with Crippen LogP contribution in [0.3, 0.4) is 0 Å². The minimum absolute atomic E-state index is 0.0666. The lowest BCUT2D eigenvalue weighted by atomic mass is 10.1. The van der Waals surface area contributed by atoms with E-state index < -0.39 is 10.0 Å². The Balaban J connectivity index is 1.45. The molecule has 0 unspecified atom stereocenters. The second-order valence-corrected chi connectivity index (χ2v) is 10.1. The summed E-state index contributed by atoms with van der Waals surface area (Å²) >= 11 is 0. The standard InChI is InChI=1S/C24H27N5O4S/c1-4-16-5-6-20(32-3)22(11-16)34(30,31)28-24-23-15(2)9-17(10-21(23)33-27-24)13-29-14-18-12-25-8-7-19(18)26-29/h5-6,9-11,14,25H,4,7-8,12-13H2,1-3H3,(H,27,28). The molecule has 2 aromatic heterocycles. The minimum Gasteiger partial charge on any atom is -0.495 e. The number of ether oxygens (including phenoxy) is 1. The number of sulfonamides is 1. The van der Waals surface area contributed by atoms with Crippen molar-refractivity contribution < 1.29 is 17.7 Å². The van der Waals surface area contributed by atoms with E-state index >= 15 is 0 Å². The van der Waals surface area contributed by atoms with E-state index in [0.29, 0.717) is 23.9 Å². The van der Waals surface area contributed by atoms with Gasteiger partial charge in [0, 0.05) is 31.3 Å². The number of aryl methyl sites for hydroxylation is 2. The highest BCUT2D eigenvalue weighted by Crippen LogP contribution is 2.32. The van der Waals surface area contributed by atoms with Gasteiger partial charge in [0.1, 0.15) is 10.6 Å². The first-order valence-electron chi connectivity index (χ1n) is 11.2. The number of aromatic nitrogens is 3. The molecule has 0 aliphatic carbocycles. The summed E-state index contributed by atoms with van der Waals surface area (Å²) in [6.07, 6.45) is 3.70. The number of anilines is 1. The number of nitrogens with zero attached hydrogens (tertiary/aromatic N) is 3. The first kappa shape index (κ1) is 22.4. The lowest BCUT2D eigenvalue weighted by molar-refractivity contribution is 0.402. The van der Waals surface area contributed by atoms with E-state index in [-0.39, 0.29) is 16.5 Å². The van der Waals surface area contributed by atoms with Crippen LogP contribution >= 0.6 is 0 Å². The Labute approximate surface area is 198 Å². The number of rotatable bonds is 7. The van der Waals surface area contributed by atoms with Gasteiger partial charge in [-0.05, 0) is 48.2 Å². The Morgan fingerprint density at radius 3 is 2.85 bits per heavy atom. The zero-order chi connectivity index (χ0) is 23.9. The van der Waals surface area contributed by atoms with Crippen molar-refractivity contribution in [2.45, 2.75) is 44.7 Å². The SMILES string of the molecule is CCc1ccc(OC)c(S(=O)(=O)Nc2noc3cc(Cn4cc5c(n4)CCNC5)cc(C)c23)c1. The lowest BCUT2D eigenvalue weighted by Crippen LogP contribution is -2.22. The Morgan fingerprint density at radius 2 is 2.09 bits per heavy atom. The first-order valence-corrected chi connectivity index (χ1v) is 12.7. The fraction of sp³-hybridized carbons (Fsp3) is 0.333. The van der Waals surface area contributed by atoms with Gasteiger partial charge in [-0.15, -0.1) is 0 Å². The van der Waals surface area contributed by atoms with Crippen molar-refractivity contribution in [3.8, 4) is 5.75 Å². The summed E-state index contributed by atoms with van der Waals surface area (Å²) in [6, 6.07) is 9.02. The Hall–Kier alpha value is -3.37. The summed E-state index contributed by atoms with van der Waals surface area (Å²) in [4.78, 5) is 0.0666. The molecule has 3 heterocycles. The summed E-state index contributed by atoms with van der Waals surface area (Å²) in [7, 11) is -2.50. The first-order chi connectivity index (χ1) is 16.4. The lowest BCUT2D eigenvalue weighted by Gasteiger charge is -2.12. The van der Waals surface area contributed by atoms with Crippen LogP contribution in [0, 0.1) is 6.92 Å². The fourth-order valence-electron chi connectivity index (χ4n) is 4.40. The van der Waals surface area contributed by atoms with Crippen LogP contribution in [0.4, 0.5) is 5.82 Å². The molecule has 0 saturated carbocycles. The van der Waals surface area contributed by atoms with Gasteiger partial charge in [-0.1, -0.05) is 24.2 Å². The molecule has 1 aliphatic heterocycles. The summed E-state index contributed by atoms with van der Waals surface area (Å²) in [5.74, 6) is 0.428. The number of hydrogen-bond acceptors (Lipinski definition) is 7. The Kier molecular flexibility index (Phi) is 5.78. The molecular weight excluding hydrogens is 454 g/mol. The zero-order valence-electron chi connectivity index (χ0n) is 19.4. The predicted octanol–water partition coefficient (Wildman–Crippen LogP) is 3.40. The molecule has 0 atom stereocenters. The van der Waals surface area contributed by atoms with E-state index in [2.05, 4.69) is 21.4 Å².